The van der Waals surface area contributed by atoms with Crippen LogP contribution >= 0.6 is 23.2 Å². The quantitative estimate of drug-likeness (QED) is 0.908. The summed E-state index contributed by atoms with van der Waals surface area (Å²) >= 11 is 11.3. The molecule has 2 N–H and O–H groups in total. The molecule has 1 heterocycles. The zero-order valence-corrected chi connectivity index (χ0v) is 10.8. The fourth-order valence-electron chi connectivity index (χ4n) is 1.42. The molecule has 7 heteroatoms. The number of rotatable bonds is 3. The molecule has 2 rings (SSSR count). The SMILES string of the molecule is O=C(Nc1ccc(Cl)cc1C(=O)O)c1ccc(Cl)o1. The monoisotopic (exact) mass is 299 g/mol. The first-order chi connectivity index (χ1) is 8.97. The number of aromatic carboxylic acids is 1. The summed E-state index contributed by atoms with van der Waals surface area (Å²) in [5.74, 6) is -1.82. The number of hydrogen-bond donors (Lipinski definition) is 2. The van der Waals surface area contributed by atoms with Crippen LogP contribution in [0.15, 0.2) is 34.7 Å². The third-order valence-electron chi connectivity index (χ3n) is 2.26. The van der Waals surface area contributed by atoms with E-state index in [9.17, 15) is 9.59 Å². The normalized spacial score (nSPS) is 10.2. The Morgan fingerprint density at radius 3 is 2.47 bits per heavy atom. The van der Waals surface area contributed by atoms with Crippen molar-refractivity contribution in [1.29, 1.82) is 0 Å². The van der Waals surface area contributed by atoms with E-state index in [-0.39, 0.29) is 27.3 Å². The largest absolute Gasteiger partial charge is 0.478 e. The van der Waals surface area contributed by atoms with Gasteiger partial charge in [0, 0.05) is 5.02 Å². The van der Waals surface area contributed by atoms with Crippen molar-refractivity contribution in [3.8, 4) is 0 Å². The Morgan fingerprint density at radius 1 is 1.16 bits per heavy atom. The van der Waals surface area contributed by atoms with E-state index in [1.54, 1.807) is 0 Å². The van der Waals surface area contributed by atoms with Crippen molar-refractivity contribution in [3.05, 3.63) is 51.9 Å². The topological polar surface area (TPSA) is 79.5 Å². The highest BCUT2D eigenvalue weighted by molar-refractivity contribution is 6.31. The number of amides is 1. The second-order valence-electron chi connectivity index (χ2n) is 3.55. The predicted molar refractivity (Wildman–Crippen MR) is 70.1 cm³/mol. The van der Waals surface area contributed by atoms with Crippen molar-refractivity contribution >= 4 is 40.8 Å². The lowest BCUT2D eigenvalue weighted by Gasteiger charge is -2.07. The highest BCUT2D eigenvalue weighted by Gasteiger charge is 2.16. The van der Waals surface area contributed by atoms with Crippen molar-refractivity contribution in [1.82, 2.24) is 0 Å². The molecule has 2 aromatic rings. The molecule has 5 nitrogen and oxygen atoms in total. The van der Waals surface area contributed by atoms with E-state index in [4.69, 9.17) is 32.7 Å². The Balaban J connectivity index is 2.28. The van der Waals surface area contributed by atoms with E-state index >= 15 is 0 Å². The Labute approximate surface area is 117 Å². The number of benzene rings is 1. The molecule has 1 aromatic carbocycles. The third kappa shape index (κ3) is 3.07. The minimum Gasteiger partial charge on any atom is -0.478 e. The van der Waals surface area contributed by atoms with Crippen molar-refractivity contribution in [2.75, 3.05) is 5.32 Å². The number of nitrogens with one attached hydrogen (secondary N) is 1. The van der Waals surface area contributed by atoms with Crippen LogP contribution in [0.5, 0.6) is 0 Å². The lowest BCUT2D eigenvalue weighted by atomic mass is 10.1. The number of halogens is 2. The molecule has 0 aliphatic carbocycles. The maximum absolute atomic E-state index is 11.8. The van der Waals surface area contributed by atoms with Crippen LogP contribution in [0.25, 0.3) is 0 Å². The lowest BCUT2D eigenvalue weighted by molar-refractivity contribution is 0.0698. The van der Waals surface area contributed by atoms with Gasteiger partial charge in [-0.15, -0.1) is 0 Å². The molecule has 0 aliphatic rings. The second kappa shape index (κ2) is 5.34. The van der Waals surface area contributed by atoms with Crippen molar-refractivity contribution < 1.29 is 19.1 Å². The number of furan rings is 1. The number of hydrogen-bond acceptors (Lipinski definition) is 3. The first-order valence-corrected chi connectivity index (χ1v) is 5.82. The number of carbonyl (C=O) groups is 2. The van der Waals surface area contributed by atoms with E-state index < -0.39 is 11.9 Å². The maximum Gasteiger partial charge on any atom is 0.337 e. The molecule has 0 unspecified atom stereocenters. The van der Waals surface area contributed by atoms with Gasteiger partial charge in [0.25, 0.3) is 5.91 Å². The van der Waals surface area contributed by atoms with Crippen LogP contribution in [-0.2, 0) is 0 Å². The minimum absolute atomic E-state index is 0.0173. The first-order valence-electron chi connectivity index (χ1n) is 5.07. The number of carbonyl (C=O) groups excluding carboxylic acids is 1. The molecule has 0 aliphatic heterocycles. The van der Waals surface area contributed by atoms with Crippen LogP contribution in [-0.4, -0.2) is 17.0 Å². The van der Waals surface area contributed by atoms with E-state index in [1.165, 1.54) is 30.3 Å². The lowest BCUT2D eigenvalue weighted by Crippen LogP contribution is -2.14. The van der Waals surface area contributed by atoms with Gasteiger partial charge in [-0.1, -0.05) is 11.6 Å². The summed E-state index contributed by atoms with van der Waals surface area (Å²) in [7, 11) is 0. The van der Waals surface area contributed by atoms with Gasteiger partial charge in [-0.3, -0.25) is 4.79 Å². The molecule has 1 aromatic heterocycles. The van der Waals surface area contributed by atoms with Crippen LogP contribution in [0, 0.1) is 0 Å². The summed E-state index contributed by atoms with van der Waals surface area (Å²) < 4.78 is 4.92. The Bertz CT molecular complexity index is 651. The zero-order valence-electron chi connectivity index (χ0n) is 9.31. The number of carboxylic acids is 1. The van der Waals surface area contributed by atoms with Gasteiger partial charge < -0.3 is 14.8 Å². The van der Waals surface area contributed by atoms with E-state index in [0.29, 0.717) is 0 Å². The van der Waals surface area contributed by atoms with Crippen LogP contribution < -0.4 is 5.32 Å². The van der Waals surface area contributed by atoms with E-state index in [0.717, 1.165) is 0 Å². The van der Waals surface area contributed by atoms with Gasteiger partial charge in [0.1, 0.15) is 0 Å². The molecule has 19 heavy (non-hydrogen) atoms. The third-order valence-corrected chi connectivity index (χ3v) is 2.70. The van der Waals surface area contributed by atoms with Crippen LogP contribution in [0.3, 0.4) is 0 Å². The van der Waals surface area contributed by atoms with Gasteiger partial charge >= 0.3 is 5.97 Å². The minimum atomic E-state index is -1.20. The molecule has 0 bridgehead atoms. The fraction of sp³-hybridized carbons (Fsp3) is 0. The van der Waals surface area contributed by atoms with Crippen LogP contribution in [0.1, 0.15) is 20.9 Å². The second-order valence-corrected chi connectivity index (χ2v) is 4.36. The Hall–Kier alpha value is -1.98. The zero-order chi connectivity index (χ0) is 14.0. The van der Waals surface area contributed by atoms with Crippen LogP contribution in [0.2, 0.25) is 10.2 Å². The average Bonchev–Trinajstić information content (AvgIpc) is 2.78. The number of carboxylic acid groups (broad SMARTS) is 1. The average molecular weight is 300 g/mol. The summed E-state index contributed by atoms with van der Waals surface area (Å²) in [5.41, 5.74) is 0.00734. The van der Waals surface area contributed by atoms with Gasteiger partial charge in [-0.25, -0.2) is 4.79 Å². The standard InChI is InChI=1S/C12H7Cl2NO4/c13-6-1-2-8(7(5-6)12(17)18)15-11(16)9-3-4-10(14)19-9/h1-5H,(H,15,16)(H,17,18). The summed E-state index contributed by atoms with van der Waals surface area (Å²) in [6, 6.07) is 6.91. The van der Waals surface area contributed by atoms with Gasteiger partial charge in [0.05, 0.1) is 11.3 Å². The molecule has 98 valence electrons. The van der Waals surface area contributed by atoms with Gasteiger partial charge in [-0.2, -0.15) is 0 Å². The van der Waals surface area contributed by atoms with Crippen molar-refractivity contribution in [2.45, 2.75) is 0 Å². The van der Waals surface area contributed by atoms with E-state index in [2.05, 4.69) is 5.32 Å². The molecule has 0 spiro atoms. The van der Waals surface area contributed by atoms with Crippen molar-refractivity contribution in [2.24, 2.45) is 0 Å². The Kier molecular flexibility index (Phi) is 3.78. The molecule has 0 atom stereocenters. The molecular weight excluding hydrogens is 293 g/mol. The highest BCUT2D eigenvalue weighted by Crippen LogP contribution is 2.22. The molecule has 0 saturated heterocycles. The number of anilines is 1. The fourth-order valence-corrected chi connectivity index (χ4v) is 1.74. The first kappa shape index (κ1) is 13.5. The molecule has 0 radical (unpaired) electrons. The van der Waals surface area contributed by atoms with Crippen molar-refractivity contribution in [3.63, 3.8) is 0 Å². The van der Waals surface area contributed by atoms with E-state index in [1.807, 2.05) is 0 Å². The van der Waals surface area contributed by atoms with Gasteiger partial charge in [0.2, 0.25) is 0 Å². The molecular formula is C12H7Cl2NO4. The molecule has 0 fully saturated rings. The smallest absolute Gasteiger partial charge is 0.337 e. The highest BCUT2D eigenvalue weighted by atomic mass is 35.5. The predicted octanol–water partition coefficient (Wildman–Crippen LogP) is 3.54. The summed E-state index contributed by atoms with van der Waals surface area (Å²) in [4.78, 5) is 22.8. The summed E-state index contributed by atoms with van der Waals surface area (Å²) in [5, 5.41) is 11.8. The summed E-state index contributed by atoms with van der Waals surface area (Å²) in [6.45, 7) is 0. The van der Waals surface area contributed by atoms with Gasteiger partial charge in [0.15, 0.2) is 11.0 Å². The summed E-state index contributed by atoms with van der Waals surface area (Å²) in [6.07, 6.45) is 0. The maximum atomic E-state index is 11.8. The van der Waals surface area contributed by atoms with Gasteiger partial charge in [-0.05, 0) is 41.9 Å². The Morgan fingerprint density at radius 2 is 1.89 bits per heavy atom. The molecule has 1 amide bonds. The molecule has 0 saturated carbocycles. The van der Waals surface area contributed by atoms with Crippen LogP contribution in [0.4, 0.5) is 5.69 Å².